The lowest BCUT2D eigenvalue weighted by atomic mass is 10.4. The van der Waals surface area contributed by atoms with Gasteiger partial charge in [0.2, 0.25) is 0 Å². The molecule has 1 aromatic rings. The van der Waals surface area contributed by atoms with Crippen LogP contribution in [0.25, 0.3) is 0 Å². The standard InChI is InChI=1S/C7H7ClPS/c1-10-9(8)7-5-3-2-4-6-7/h2-6H,1H2/q+1. The predicted octanol–water partition coefficient (Wildman–Crippen LogP) is 2.38. The second kappa shape index (κ2) is 3.92. The highest BCUT2D eigenvalue weighted by Crippen LogP contribution is 2.25. The summed E-state index contributed by atoms with van der Waals surface area (Å²) in [5.74, 6) is 3.68. The highest BCUT2D eigenvalue weighted by atomic mass is 35.7. The summed E-state index contributed by atoms with van der Waals surface area (Å²) in [5, 5.41) is 1.18. The molecular weight excluding hydrogens is 183 g/mol. The average Bonchev–Trinajstić information content (AvgIpc) is 2.05. The van der Waals surface area contributed by atoms with Crippen LogP contribution >= 0.6 is 17.3 Å². The molecule has 0 aliphatic rings. The molecular formula is C7H7ClPS+. The zero-order chi connectivity index (χ0) is 7.40. The van der Waals surface area contributed by atoms with Crippen molar-refractivity contribution in [3.63, 3.8) is 0 Å². The maximum Gasteiger partial charge on any atom is 0.312 e. The lowest BCUT2D eigenvalue weighted by molar-refractivity contribution is 1.78. The Bertz CT molecular complexity index is 264. The minimum absolute atomic E-state index is 0.596. The molecule has 0 aliphatic carbocycles. The molecule has 0 spiro atoms. The molecule has 0 bridgehead atoms. The molecule has 1 aromatic carbocycles. The van der Waals surface area contributed by atoms with Gasteiger partial charge in [0.15, 0.2) is 16.5 Å². The summed E-state index contributed by atoms with van der Waals surface area (Å²) in [6.45, 7) is 0. The van der Waals surface area contributed by atoms with Crippen LogP contribution in [-0.2, 0) is 10.5 Å². The fraction of sp³-hybridized carbons (Fsp3) is 0. The van der Waals surface area contributed by atoms with Crippen LogP contribution in [-0.4, -0.2) is 5.87 Å². The van der Waals surface area contributed by atoms with Crippen LogP contribution < -0.4 is 5.30 Å². The van der Waals surface area contributed by atoms with E-state index < -0.39 is 6.05 Å². The molecule has 0 fully saturated rings. The first kappa shape index (κ1) is 8.00. The number of rotatable bonds is 1. The monoisotopic (exact) mass is 189 g/mol. The van der Waals surface area contributed by atoms with Crippen molar-refractivity contribution in [1.29, 1.82) is 0 Å². The largest absolute Gasteiger partial charge is 0.312 e. The minimum atomic E-state index is -0.596. The van der Waals surface area contributed by atoms with E-state index in [1.807, 2.05) is 30.3 Å². The zero-order valence-corrected chi connectivity index (χ0v) is 7.79. The van der Waals surface area contributed by atoms with E-state index >= 15 is 0 Å². The molecule has 0 heterocycles. The van der Waals surface area contributed by atoms with Crippen molar-refractivity contribution in [3.8, 4) is 0 Å². The van der Waals surface area contributed by atoms with E-state index in [4.69, 9.17) is 11.2 Å². The molecule has 0 aromatic heterocycles. The van der Waals surface area contributed by atoms with Gasteiger partial charge < -0.3 is 0 Å². The Morgan fingerprint density at radius 3 is 2.40 bits per heavy atom. The topological polar surface area (TPSA) is 0 Å². The summed E-state index contributed by atoms with van der Waals surface area (Å²) < 4.78 is 0. The molecule has 0 saturated heterocycles. The van der Waals surface area contributed by atoms with Gasteiger partial charge in [-0.25, -0.2) is 0 Å². The van der Waals surface area contributed by atoms with E-state index in [0.29, 0.717) is 0 Å². The molecule has 1 rings (SSSR count). The van der Waals surface area contributed by atoms with Gasteiger partial charge in [0, 0.05) is 0 Å². The lowest BCUT2D eigenvalue weighted by Gasteiger charge is -1.80. The highest BCUT2D eigenvalue weighted by molar-refractivity contribution is 8.26. The van der Waals surface area contributed by atoms with Gasteiger partial charge in [-0.1, -0.05) is 18.2 Å². The third-order valence-electron chi connectivity index (χ3n) is 1.07. The fourth-order valence-corrected chi connectivity index (χ4v) is 2.33. The van der Waals surface area contributed by atoms with Gasteiger partial charge in [-0.05, 0) is 18.0 Å². The Balaban J connectivity index is 3.08. The maximum absolute atomic E-state index is 5.96. The first-order valence-electron chi connectivity index (χ1n) is 2.77. The van der Waals surface area contributed by atoms with Crippen molar-refractivity contribution < 1.29 is 0 Å². The normalized spacial score (nSPS) is 10.7. The summed E-state index contributed by atoms with van der Waals surface area (Å²) in [7, 11) is 1.46. The van der Waals surface area contributed by atoms with Gasteiger partial charge in [0.25, 0.3) is 0 Å². The average molecular weight is 190 g/mol. The molecule has 3 heteroatoms. The molecule has 52 valence electrons. The van der Waals surface area contributed by atoms with E-state index in [2.05, 4.69) is 5.87 Å². The van der Waals surface area contributed by atoms with Crippen LogP contribution in [0, 0.1) is 0 Å². The van der Waals surface area contributed by atoms with Crippen molar-refractivity contribution >= 4 is 39.0 Å². The summed E-state index contributed by atoms with van der Waals surface area (Å²) >= 11 is 5.96. The van der Waals surface area contributed by atoms with Gasteiger partial charge in [-0.3, -0.25) is 0 Å². The van der Waals surface area contributed by atoms with E-state index in [9.17, 15) is 0 Å². The van der Waals surface area contributed by atoms with Crippen molar-refractivity contribution in [2.45, 2.75) is 0 Å². The van der Waals surface area contributed by atoms with Gasteiger partial charge in [-0.2, -0.15) is 0 Å². The molecule has 0 nitrogen and oxygen atoms in total. The second-order valence-corrected chi connectivity index (χ2v) is 6.46. The Kier molecular flexibility index (Phi) is 3.14. The smallest absolute Gasteiger partial charge is 0.0619 e. The Hall–Kier alpha value is -0.100. The van der Waals surface area contributed by atoms with E-state index in [0.717, 1.165) is 0 Å². The molecule has 1 unspecified atom stereocenters. The van der Waals surface area contributed by atoms with Crippen molar-refractivity contribution in [3.05, 3.63) is 30.3 Å². The number of halogens is 1. The Labute approximate surface area is 69.6 Å². The quantitative estimate of drug-likeness (QED) is 0.470. The molecule has 1 atom stereocenters. The van der Waals surface area contributed by atoms with Gasteiger partial charge in [-0.15, -0.1) is 0 Å². The molecule has 0 amide bonds. The van der Waals surface area contributed by atoms with Crippen molar-refractivity contribution in [2.24, 2.45) is 0 Å². The molecule has 0 aliphatic heterocycles. The van der Waals surface area contributed by atoms with E-state index in [-0.39, 0.29) is 0 Å². The molecule has 0 saturated carbocycles. The summed E-state index contributed by atoms with van der Waals surface area (Å²) in [5.41, 5.74) is 0. The predicted molar refractivity (Wildman–Crippen MR) is 53.3 cm³/mol. The first-order chi connectivity index (χ1) is 4.84. The van der Waals surface area contributed by atoms with Crippen LogP contribution in [0.5, 0.6) is 0 Å². The maximum atomic E-state index is 5.96. The SMILES string of the molecule is C=S=[P+](Cl)c1ccccc1. The van der Waals surface area contributed by atoms with Crippen LogP contribution in [0.4, 0.5) is 0 Å². The fourth-order valence-electron chi connectivity index (χ4n) is 0.620. The highest BCUT2D eigenvalue weighted by Gasteiger charge is 2.07. The molecule has 0 radical (unpaired) electrons. The van der Waals surface area contributed by atoms with Crippen molar-refractivity contribution in [1.82, 2.24) is 0 Å². The Morgan fingerprint density at radius 2 is 1.90 bits per heavy atom. The number of hydrogen-bond donors (Lipinski definition) is 0. The van der Waals surface area contributed by atoms with E-state index in [1.54, 1.807) is 0 Å². The van der Waals surface area contributed by atoms with Gasteiger partial charge >= 0.3 is 6.05 Å². The second-order valence-electron chi connectivity index (χ2n) is 1.71. The van der Waals surface area contributed by atoms with Crippen LogP contribution in [0.1, 0.15) is 0 Å². The summed E-state index contributed by atoms with van der Waals surface area (Å²) in [4.78, 5) is 0. The van der Waals surface area contributed by atoms with Crippen LogP contribution in [0.15, 0.2) is 30.3 Å². The third kappa shape index (κ3) is 1.95. The molecule has 10 heavy (non-hydrogen) atoms. The summed E-state index contributed by atoms with van der Waals surface area (Å²) in [6, 6.07) is 9.42. The first-order valence-corrected chi connectivity index (χ1v) is 6.61. The summed E-state index contributed by atoms with van der Waals surface area (Å²) in [6.07, 6.45) is 0. The van der Waals surface area contributed by atoms with Crippen LogP contribution in [0.3, 0.4) is 0 Å². The van der Waals surface area contributed by atoms with Gasteiger partial charge in [0.1, 0.15) is 0 Å². The Morgan fingerprint density at radius 1 is 1.30 bits per heavy atom. The minimum Gasteiger partial charge on any atom is -0.0619 e. The number of hydrogen-bond acceptors (Lipinski definition) is 0. The van der Waals surface area contributed by atoms with Crippen molar-refractivity contribution in [2.75, 3.05) is 0 Å². The molecule has 0 N–H and O–H groups in total. The van der Waals surface area contributed by atoms with Crippen LogP contribution in [0.2, 0.25) is 0 Å². The van der Waals surface area contributed by atoms with Gasteiger partial charge in [0.05, 0.1) is 10.5 Å². The lowest BCUT2D eigenvalue weighted by Crippen LogP contribution is -1.88. The number of benzene rings is 1. The third-order valence-corrected chi connectivity index (χ3v) is 4.78. The zero-order valence-electron chi connectivity index (χ0n) is 5.33. The van der Waals surface area contributed by atoms with E-state index in [1.165, 1.54) is 15.8 Å².